The van der Waals surface area contributed by atoms with Crippen LogP contribution in [0.15, 0.2) is 41.0 Å². The number of methoxy groups -OCH3 is 1. The van der Waals surface area contributed by atoms with Gasteiger partial charge in [0.15, 0.2) is 11.9 Å². The van der Waals surface area contributed by atoms with E-state index < -0.39 is 70.4 Å². The molecule has 0 unspecified atom stereocenters. The molecule has 220 valence electrons. The number of Topliss-reactive ketones (excluding diaryl/α,β-unsaturated/α-hetero) is 1. The molecule has 5 rings (SSSR count). The van der Waals surface area contributed by atoms with Gasteiger partial charge in [0, 0.05) is 30.4 Å². The molecular weight excluding hydrogens is 545 g/mol. The van der Waals surface area contributed by atoms with Gasteiger partial charge in [0.1, 0.15) is 11.9 Å². The number of rotatable bonds is 4. The van der Waals surface area contributed by atoms with Crippen LogP contribution in [-0.4, -0.2) is 36.9 Å². The summed E-state index contributed by atoms with van der Waals surface area (Å²) in [5.74, 6) is -4.29. The Hall–Kier alpha value is -3.63. The number of carbonyl (C=O) groups excluding carboxylic acids is 4. The molecule has 7 atom stereocenters. The van der Waals surface area contributed by atoms with E-state index in [0.29, 0.717) is 18.4 Å². The van der Waals surface area contributed by atoms with E-state index in [1.807, 2.05) is 6.92 Å². The van der Waals surface area contributed by atoms with Crippen molar-refractivity contribution in [2.45, 2.75) is 64.8 Å². The van der Waals surface area contributed by atoms with Crippen LogP contribution in [0, 0.1) is 28.6 Å². The SMILES string of the molecule is COC(=O)[C@@H]1C[C@H](OC(C)=O)C(=O)[C@H]2[C@@]1(C)CC[C@H]1C(=O)O[C@H](c3ccoc3-c3cccc(C(F)(F)F)c3)C[C@]21C. The van der Waals surface area contributed by atoms with Gasteiger partial charge in [0.25, 0.3) is 0 Å². The molecule has 11 heteroatoms. The van der Waals surface area contributed by atoms with Gasteiger partial charge >= 0.3 is 24.1 Å². The summed E-state index contributed by atoms with van der Waals surface area (Å²) < 4.78 is 62.1. The van der Waals surface area contributed by atoms with Crippen LogP contribution in [-0.2, 0) is 39.6 Å². The number of cyclic esters (lactones) is 1. The van der Waals surface area contributed by atoms with E-state index in [1.165, 1.54) is 32.4 Å². The van der Waals surface area contributed by atoms with Crippen LogP contribution in [0.25, 0.3) is 11.3 Å². The zero-order valence-corrected chi connectivity index (χ0v) is 23.1. The summed E-state index contributed by atoms with van der Waals surface area (Å²) in [5.41, 5.74) is -2.25. The van der Waals surface area contributed by atoms with Crippen molar-refractivity contribution in [2.24, 2.45) is 28.6 Å². The lowest BCUT2D eigenvalue weighted by Gasteiger charge is -2.61. The summed E-state index contributed by atoms with van der Waals surface area (Å²) in [6.07, 6.45) is -4.52. The maximum absolute atomic E-state index is 14.0. The first kappa shape index (κ1) is 28.9. The van der Waals surface area contributed by atoms with Crippen LogP contribution in [0.3, 0.4) is 0 Å². The van der Waals surface area contributed by atoms with Crippen LogP contribution in [0.2, 0.25) is 0 Å². The van der Waals surface area contributed by atoms with Crippen LogP contribution in [0.5, 0.6) is 0 Å². The van der Waals surface area contributed by atoms with Crippen molar-refractivity contribution in [2.75, 3.05) is 7.11 Å². The van der Waals surface area contributed by atoms with Gasteiger partial charge in [-0.1, -0.05) is 26.0 Å². The van der Waals surface area contributed by atoms with E-state index in [4.69, 9.17) is 18.6 Å². The zero-order chi connectivity index (χ0) is 29.9. The largest absolute Gasteiger partial charge is 0.469 e. The second kappa shape index (κ2) is 10.0. The van der Waals surface area contributed by atoms with Gasteiger partial charge in [-0.3, -0.25) is 19.2 Å². The highest BCUT2D eigenvalue weighted by atomic mass is 19.4. The number of halogens is 3. The molecule has 3 fully saturated rings. The highest BCUT2D eigenvalue weighted by Crippen LogP contribution is 2.65. The van der Waals surface area contributed by atoms with Crippen molar-refractivity contribution in [3.63, 3.8) is 0 Å². The number of furan rings is 1. The number of hydrogen-bond donors (Lipinski definition) is 0. The first-order valence-electron chi connectivity index (χ1n) is 13.4. The monoisotopic (exact) mass is 576 g/mol. The van der Waals surface area contributed by atoms with Gasteiger partial charge in [-0.25, -0.2) is 0 Å². The smallest absolute Gasteiger partial charge is 0.416 e. The maximum atomic E-state index is 14.0. The van der Waals surface area contributed by atoms with Gasteiger partial charge in [-0.05, 0) is 48.3 Å². The molecule has 2 aliphatic carbocycles. The molecular formula is C30H31F3O8. The van der Waals surface area contributed by atoms with Gasteiger partial charge < -0.3 is 18.6 Å². The van der Waals surface area contributed by atoms with Crippen molar-refractivity contribution in [1.82, 2.24) is 0 Å². The van der Waals surface area contributed by atoms with Crippen molar-refractivity contribution in [1.29, 1.82) is 0 Å². The first-order valence-corrected chi connectivity index (χ1v) is 13.4. The van der Waals surface area contributed by atoms with Crippen molar-refractivity contribution >= 4 is 23.7 Å². The summed E-state index contributed by atoms with van der Waals surface area (Å²) in [5, 5.41) is 0. The predicted octanol–water partition coefficient (Wildman–Crippen LogP) is 5.69. The molecule has 1 aromatic carbocycles. The molecule has 0 amide bonds. The normalized spacial score (nSPS) is 33.3. The molecule has 2 saturated carbocycles. The quantitative estimate of drug-likeness (QED) is 0.338. The number of ketones is 1. The van der Waals surface area contributed by atoms with Gasteiger partial charge in [-0.15, -0.1) is 0 Å². The maximum Gasteiger partial charge on any atom is 0.416 e. The Bertz CT molecular complexity index is 1400. The summed E-state index contributed by atoms with van der Waals surface area (Å²) in [6.45, 7) is 4.82. The highest BCUT2D eigenvalue weighted by Gasteiger charge is 2.68. The average Bonchev–Trinajstić information content (AvgIpc) is 3.39. The van der Waals surface area contributed by atoms with E-state index in [2.05, 4.69) is 0 Å². The first-order chi connectivity index (χ1) is 19.2. The molecule has 1 aliphatic heterocycles. The fourth-order valence-electron chi connectivity index (χ4n) is 7.64. The summed E-state index contributed by atoms with van der Waals surface area (Å²) in [6, 6.07) is 6.20. The van der Waals surface area contributed by atoms with Crippen LogP contribution in [0.1, 0.15) is 63.7 Å². The minimum absolute atomic E-state index is 0.0197. The minimum Gasteiger partial charge on any atom is -0.469 e. The van der Waals surface area contributed by atoms with Crippen LogP contribution in [0.4, 0.5) is 13.2 Å². The zero-order valence-electron chi connectivity index (χ0n) is 23.1. The lowest BCUT2D eigenvalue weighted by Crippen LogP contribution is -2.64. The summed E-state index contributed by atoms with van der Waals surface area (Å²) >= 11 is 0. The lowest BCUT2D eigenvalue weighted by atomic mass is 9.43. The molecule has 1 saturated heterocycles. The fraction of sp³-hybridized carbons (Fsp3) is 0.533. The number of hydrogen-bond acceptors (Lipinski definition) is 8. The number of carbonyl (C=O) groups is 4. The van der Waals surface area contributed by atoms with E-state index in [-0.39, 0.29) is 29.9 Å². The number of benzene rings is 1. The van der Waals surface area contributed by atoms with Crippen molar-refractivity contribution < 1.29 is 51.0 Å². The Balaban J connectivity index is 1.57. The average molecular weight is 577 g/mol. The Morgan fingerprint density at radius 1 is 1.10 bits per heavy atom. The Morgan fingerprint density at radius 2 is 1.83 bits per heavy atom. The molecule has 0 bridgehead atoms. The van der Waals surface area contributed by atoms with E-state index in [0.717, 1.165) is 12.1 Å². The molecule has 3 aliphatic rings. The Kier molecular flexibility index (Phi) is 7.06. The van der Waals surface area contributed by atoms with Crippen molar-refractivity contribution in [3.05, 3.63) is 47.7 Å². The van der Waals surface area contributed by atoms with E-state index >= 15 is 0 Å². The number of ether oxygens (including phenoxy) is 3. The van der Waals surface area contributed by atoms with Gasteiger partial charge in [0.05, 0.1) is 30.8 Å². The number of alkyl halides is 3. The summed E-state index contributed by atoms with van der Waals surface area (Å²) in [7, 11) is 1.26. The Labute approximate surface area is 234 Å². The number of esters is 3. The predicted molar refractivity (Wildman–Crippen MR) is 136 cm³/mol. The molecule has 2 aromatic rings. The number of fused-ring (bicyclic) bond motifs is 3. The molecule has 8 nitrogen and oxygen atoms in total. The molecule has 0 spiro atoms. The topological polar surface area (TPSA) is 109 Å². The molecule has 1 aromatic heterocycles. The fourth-order valence-corrected chi connectivity index (χ4v) is 7.64. The minimum atomic E-state index is -4.57. The second-order valence-corrected chi connectivity index (χ2v) is 11.8. The Morgan fingerprint density at radius 3 is 2.49 bits per heavy atom. The van der Waals surface area contributed by atoms with Gasteiger partial charge in [0.2, 0.25) is 0 Å². The second-order valence-electron chi connectivity index (χ2n) is 11.8. The third-order valence-corrected chi connectivity index (χ3v) is 9.39. The van der Waals surface area contributed by atoms with Crippen molar-refractivity contribution in [3.8, 4) is 11.3 Å². The standard InChI is InChI=1S/C30H31F3O8/c1-15(34)40-21-13-20(26(36)38-4)28(2)10-8-19-27(37)41-22(14-29(19,3)25(28)23(21)35)18-9-11-39-24(18)16-6-5-7-17(12-16)30(31,32)33/h5-7,9,11-12,19-22,25H,8,10,13-14H2,1-4H3/t19-,20-,21-,22-,25-,28-,29-/m0/s1. The molecule has 0 radical (unpaired) electrons. The lowest BCUT2D eigenvalue weighted by molar-refractivity contribution is -0.210. The van der Waals surface area contributed by atoms with E-state index in [1.54, 1.807) is 13.0 Å². The van der Waals surface area contributed by atoms with Crippen LogP contribution >= 0.6 is 0 Å². The highest BCUT2D eigenvalue weighted by molar-refractivity contribution is 5.93. The molecule has 41 heavy (non-hydrogen) atoms. The third-order valence-electron chi connectivity index (χ3n) is 9.39. The molecule has 0 N–H and O–H groups in total. The van der Waals surface area contributed by atoms with Crippen LogP contribution < -0.4 is 0 Å². The van der Waals surface area contributed by atoms with E-state index in [9.17, 15) is 32.3 Å². The summed E-state index contributed by atoms with van der Waals surface area (Å²) in [4.78, 5) is 52.4. The molecule has 2 heterocycles. The third kappa shape index (κ3) is 4.72. The van der Waals surface area contributed by atoms with Gasteiger partial charge in [-0.2, -0.15) is 13.2 Å².